The van der Waals surface area contributed by atoms with Crippen LogP contribution in [-0.4, -0.2) is 42.5 Å². The molecule has 40 heavy (non-hydrogen) atoms. The van der Waals surface area contributed by atoms with Gasteiger partial charge in [0.05, 0.1) is 5.56 Å². The van der Waals surface area contributed by atoms with Gasteiger partial charge in [-0.3, -0.25) is 4.79 Å². The Morgan fingerprint density at radius 1 is 0.900 bits per heavy atom. The number of hydrogen-bond acceptors (Lipinski definition) is 4. The first-order chi connectivity index (χ1) is 19.0. The summed E-state index contributed by atoms with van der Waals surface area (Å²) in [6.45, 7) is 4.44. The number of carboxylic acid groups (broad SMARTS) is 1. The first kappa shape index (κ1) is 29.3. The number of alkyl halides is 3. The smallest absolute Gasteiger partial charge is 0.416 e. The number of carbonyl (C=O) groups excluding carboxylic acids is 2. The summed E-state index contributed by atoms with van der Waals surface area (Å²) in [5, 5.41) is 14.5. The SMILES string of the molecule is CC(CCCN1CCC(NC(=O)c2ccccc2-c2ccc(C(F)(F)F)cc2)CC1)(CC(=O)[O-])c1ccccc1. The molecule has 0 radical (unpaired) electrons. The summed E-state index contributed by atoms with van der Waals surface area (Å²) < 4.78 is 38.9. The van der Waals surface area contributed by atoms with Crippen molar-refractivity contribution in [3.63, 3.8) is 0 Å². The van der Waals surface area contributed by atoms with Crippen LogP contribution < -0.4 is 10.4 Å². The molecule has 0 spiro atoms. The molecule has 0 aromatic heterocycles. The third-order valence-corrected chi connectivity index (χ3v) is 7.83. The number of piperidine rings is 1. The highest BCUT2D eigenvalue weighted by Gasteiger charge is 2.30. The van der Waals surface area contributed by atoms with E-state index in [0.717, 1.165) is 63.0 Å². The van der Waals surface area contributed by atoms with Crippen LogP contribution in [0.4, 0.5) is 13.2 Å². The van der Waals surface area contributed by atoms with Gasteiger partial charge in [-0.25, -0.2) is 0 Å². The minimum absolute atomic E-state index is 0.00270. The Morgan fingerprint density at radius 3 is 2.15 bits per heavy atom. The molecule has 0 saturated carbocycles. The molecular weight excluding hydrogens is 517 g/mol. The number of nitrogens with zero attached hydrogens (tertiary/aromatic N) is 1. The molecule has 1 N–H and O–H groups in total. The highest BCUT2D eigenvalue weighted by atomic mass is 19.4. The van der Waals surface area contributed by atoms with Gasteiger partial charge in [-0.2, -0.15) is 13.2 Å². The van der Waals surface area contributed by atoms with E-state index in [1.54, 1.807) is 24.3 Å². The fourth-order valence-corrected chi connectivity index (χ4v) is 5.52. The molecule has 0 bridgehead atoms. The van der Waals surface area contributed by atoms with Crippen molar-refractivity contribution in [2.75, 3.05) is 19.6 Å². The Hall–Kier alpha value is -3.65. The van der Waals surface area contributed by atoms with Crippen molar-refractivity contribution in [2.45, 2.75) is 56.7 Å². The van der Waals surface area contributed by atoms with E-state index in [-0.39, 0.29) is 18.4 Å². The molecule has 1 amide bonds. The number of rotatable bonds is 10. The summed E-state index contributed by atoms with van der Waals surface area (Å²) in [4.78, 5) is 26.9. The molecule has 8 heteroatoms. The zero-order valence-corrected chi connectivity index (χ0v) is 22.5. The second-order valence-electron chi connectivity index (χ2n) is 10.8. The van der Waals surface area contributed by atoms with Crippen LogP contribution in [0.1, 0.15) is 60.5 Å². The number of aliphatic carboxylic acids is 1. The zero-order valence-electron chi connectivity index (χ0n) is 22.5. The molecule has 1 atom stereocenters. The van der Waals surface area contributed by atoms with Gasteiger partial charge in [0.1, 0.15) is 0 Å². The Labute approximate surface area is 233 Å². The third-order valence-electron chi connectivity index (χ3n) is 7.83. The summed E-state index contributed by atoms with van der Waals surface area (Å²) in [5.41, 5.74) is 1.34. The molecule has 0 aliphatic carbocycles. The Kier molecular flexibility index (Phi) is 9.30. The van der Waals surface area contributed by atoms with Crippen molar-refractivity contribution >= 4 is 11.9 Å². The van der Waals surface area contributed by atoms with E-state index in [0.29, 0.717) is 16.7 Å². The molecular formula is C32H34F3N2O3-. The molecule has 1 saturated heterocycles. The molecule has 1 aliphatic rings. The van der Waals surface area contributed by atoms with Crippen LogP contribution in [0.2, 0.25) is 0 Å². The maximum atomic E-state index is 13.2. The van der Waals surface area contributed by atoms with Crippen molar-refractivity contribution in [1.82, 2.24) is 10.2 Å². The fraction of sp³-hybridized carbons (Fsp3) is 0.375. The lowest BCUT2D eigenvalue weighted by Crippen LogP contribution is -2.45. The van der Waals surface area contributed by atoms with Crippen molar-refractivity contribution < 1.29 is 27.9 Å². The lowest BCUT2D eigenvalue weighted by atomic mass is 9.76. The normalized spacial score (nSPS) is 16.3. The standard InChI is InChI=1S/C32H35F3N2O3/c1-31(22-29(38)39,24-8-3-2-4-9-24)18-7-19-37-20-16-26(17-21-37)36-30(40)28-11-6-5-10-27(28)23-12-14-25(15-13-23)32(33,34)35/h2-6,8-15,26H,7,16-22H2,1H3,(H,36,40)(H,38,39)/p-1. The molecule has 1 fully saturated rings. The molecule has 3 aromatic rings. The summed E-state index contributed by atoms with van der Waals surface area (Å²) >= 11 is 0. The first-order valence-corrected chi connectivity index (χ1v) is 13.6. The molecule has 4 rings (SSSR count). The predicted octanol–water partition coefficient (Wildman–Crippen LogP) is 5.44. The summed E-state index contributed by atoms with van der Waals surface area (Å²) in [6.07, 6.45) is -1.31. The Bertz CT molecular complexity index is 1290. The zero-order chi connectivity index (χ0) is 28.8. The van der Waals surface area contributed by atoms with Crippen LogP contribution in [0.15, 0.2) is 78.9 Å². The number of carbonyl (C=O) groups is 2. The van der Waals surface area contributed by atoms with Crippen LogP contribution in [-0.2, 0) is 16.4 Å². The van der Waals surface area contributed by atoms with E-state index in [2.05, 4.69) is 10.2 Å². The van der Waals surface area contributed by atoms with E-state index in [9.17, 15) is 27.9 Å². The Balaban J connectivity index is 1.30. The lowest BCUT2D eigenvalue weighted by molar-refractivity contribution is -0.307. The minimum atomic E-state index is -4.41. The maximum Gasteiger partial charge on any atom is 0.416 e. The highest BCUT2D eigenvalue weighted by molar-refractivity contribution is 6.01. The van der Waals surface area contributed by atoms with Gasteiger partial charge in [0.2, 0.25) is 0 Å². The van der Waals surface area contributed by atoms with Gasteiger partial charge in [-0.05, 0) is 79.0 Å². The third kappa shape index (κ3) is 7.50. The number of amides is 1. The average molecular weight is 552 g/mol. The predicted molar refractivity (Wildman–Crippen MR) is 146 cm³/mol. The molecule has 3 aromatic carbocycles. The van der Waals surface area contributed by atoms with Crippen molar-refractivity contribution in [3.05, 3.63) is 95.6 Å². The number of nitrogens with one attached hydrogen (secondary N) is 1. The van der Waals surface area contributed by atoms with E-state index in [4.69, 9.17) is 0 Å². The molecule has 5 nitrogen and oxygen atoms in total. The summed E-state index contributed by atoms with van der Waals surface area (Å²) in [7, 11) is 0. The molecule has 212 valence electrons. The van der Waals surface area contributed by atoms with Gasteiger partial charge in [0.25, 0.3) is 5.91 Å². The average Bonchev–Trinajstić information content (AvgIpc) is 2.94. The van der Waals surface area contributed by atoms with Gasteiger partial charge < -0.3 is 20.1 Å². The summed E-state index contributed by atoms with van der Waals surface area (Å²) in [5.74, 6) is -1.29. The van der Waals surface area contributed by atoms with E-state index < -0.39 is 23.1 Å². The van der Waals surface area contributed by atoms with Crippen molar-refractivity contribution in [2.24, 2.45) is 0 Å². The number of likely N-dealkylation sites (tertiary alicyclic amines) is 1. The van der Waals surface area contributed by atoms with Crippen molar-refractivity contribution in [3.8, 4) is 11.1 Å². The number of hydrogen-bond donors (Lipinski definition) is 1. The van der Waals surface area contributed by atoms with Crippen LogP contribution in [0, 0.1) is 0 Å². The number of halogens is 3. The number of benzene rings is 3. The van der Waals surface area contributed by atoms with Gasteiger partial charge in [-0.1, -0.05) is 67.6 Å². The van der Waals surface area contributed by atoms with Crippen LogP contribution in [0.25, 0.3) is 11.1 Å². The second kappa shape index (κ2) is 12.7. The van der Waals surface area contributed by atoms with E-state index in [1.165, 1.54) is 12.1 Å². The molecule has 1 unspecified atom stereocenters. The van der Waals surface area contributed by atoms with Crippen LogP contribution in [0.5, 0.6) is 0 Å². The van der Waals surface area contributed by atoms with Gasteiger partial charge in [0, 0.05) is 30.7 Å². The van der Waals surface area contributed by atoms with E-state index in [1.807, 2.05) is 37.3 Å². The van der Waals surface area contributed by atoms with Crippen LogP contribution >= 0.6 is 0 Å². The first-order valence-electron chi connectivity index (χ1n) is 13.6. The van der Waals surface area contributed by atoms with Crippen molar-refractivity contribution in [1.29, 1.82) is 0 Å². The van der Waals surface area contributed by atoms with Crippen LogP contribution in [0.3, 0.4) is 0 Å². The quantitative estimate of drug-likeness (QED) is 0.364. The monoisotopic (exact) mass is 551 g/mol. The fourth-order valence-electron chi connectivity index (χ4n) is 5.52. The Morgan fingerprint density at radius 2 is 1.52 bits per heavy atom. The minimum Gasteiger partial charge on any atom is -0.550 e. The van der Waals surface area contributed by atoms with Gasteiger partial charge in [0.15, 0.2) is 0 Å². The largest absolute Gasteiger partial charge is 0.550 e. The van der Waals surface area contributed by atoms with Gasteiger partial charge in [-0.15, -0.1) is 0 Å². The molecule has 1 aliphatic heterocycles. The van der Waals surface area contributed by atoms with E-state index >= 15 is 0 Å². The topological polar surface area (TPSA) is 72.5 Å². The highest BCUT2D eigenvalue weighted by Crippen LogP contribution is 2.33. The number of carboxylic acids is 1. The lowest BCUT2D eigenvalue weighted by Gasteiger charge is -2.35. The maximum absolute atomic E-state index is 13.2. The van der Waals surface area contributed by atoms with Gasteiger partial charge >= 0.3 is 6.18 Å². The second-order valence-corrected chi connectivity index (χ2v) is 10.8. The summed E-state index contributed by atoms with van der Waals surface area (Å²) in [6, 6.07) is 21.5. The molecule has 1 heterocycles.